The van der Waals surface area contributed by atoms with Crippen molar-refractivity contribution in [2.45, 2.75) is 44.2 Å². The quantitative estimate of drug-likeness (QED) is 0.785. The number of hydrogen-bond donors (Lipinski definition) is 1. The lowest BCUT2D eigenvalue weighted by Gasteiger charge is -2.37. The molecule has 1 nitrogen and oxygen atoms in total. The highest BCUT2D eigenvalue weighted by Crippen LogP contribution is 2.37. The highest BCUT2D eigenvalue weighted by atomic mass is 19.1. The zero-order valence-electron chi connectivity index (χ0n) is 10.1. The van der Waals surface area contributed by atoms with Gasteiger partial charge in [-0.3, -0.25) is 0 Å². The molecule has 0 saturated heterocycles. The van der Waals surface area contributed by atoms with E-state index in [0.29, 0.717) is 12.0 Å². The first-order valence-electron chi connectivity index (χ1n) is 6.20. The molecule has 1 aromatic rings. The van der Waals surface area contributed by atoms with Crippen molar-refractivity contribution in [2.24, 2.45) is 0 Å². The summed E-state index contributed by atoms with van der Waals surface area (Å²) in [7, 11) is 0. The Bertz CT molecular complexity index is 398. The number of nitrogens with one attached hydrogen (secondary N) is 1. The third-order valence-electron chi connectivity index (χ3n) is 3.53. The van der Waals surface area contributed by atoms with Crippen LogP contribution in [0.15, 0.2) is 24.3 Å². The Morgan fingerprint density at radius 3 is 2.59 bits per heavy atom. The third kappa shape index (κ3) is 2.87. The Labute approximate surface area is 102 Å². The summed E-state index contributed by atoms with van der Waals surface area (Å²) in [4.78, 5) is 0. The maximum absolute atomic E-state index is 12.8. The van der Waals surface area contributed by atoms with Gasteiger partial charge in [0.15, 0.2) is 0 Å². The Morgan fingerprint density at radius 1 is 1.41 bits per heavy atom. The van der Waals surface area contributed by atoms with Crippen LogP contribution in [0.4, 0.5) is 4.39 Å². The lowest BCUT2D eigenvalue weighted by molar-refractivity contribution is 0.278. The van der Waals surface area contributed by atoms with Gasteiger partial charge in [0.1, 0.15) is 5.82 Å². The molecule has 0 heterocycles. The molecule has 1 aliphatic rings. The minimum atomic E-state index is -0.166. The molecule has 90 valence electrons. The molecule has 0 radical (unpaired) electrons. The fourth-order valence-electron chi connectivity index (χ4n) is 2.33. The monoisotopic (exact) mass is 231 g/mol. The molecule has 2 heteroatoms. The molecular weight excluding hydrogens is 213 g/mol. The van der Waals surface area contributed by atoms with E-state index in [-0.39, 0.29) is 11.9 Å². The van der Waals surface area contributed by atoms with Crippen LogP contribution in [0.25, 0.3) is 0 Å². The maximum Gasteiger partial charge on any atom is 0.123 e. The molecule has 0 aliphatic heterocycles. The van der Waals surface area contributed by atoms with Crippen LogP contribution in [0.1, 0.15) is 37.7 Å². The van der Waals surface area contributed by atoms with Crippen molar-refractivity contribution in [3.63, 3.8) is 0 Å². The zero-order valence-corrected chi connectivity index (χ0v) is 10.1. The van der Waals surface area contributed by atoms with Crippen LogP contribution < -0.4 is 5.32 Å². The van der Waals surface area contributed by atoms with E-state index in [2.05, 4.69) is 18.2 Å². The van der Waals surface area contributed by atoms with E-state index >= 15 is 0 Å². The summed E-state index contributed by atoms with van der Waals surface area (Å²) in [5.41, 5.74) is 1.23. The summed E-state index contributed by atoms with van der Waals surface area (Å²) >= 11 is 0. The van der Waals surface area contributed by atoms with Crippen molar-refractivity contribution < 1.29 is 4.39 Å². The molecule has 1 atom stereocenters. The number of benzene rings is 1. The first-order chi connectivity index (χ1) is 8.22. The Kier molecular flexibility index (Phi) is 3.81. The first-order valence-corrected chi connectivity index (χ1v) is 6.20. The topological polar surface area (TPSA) is 12.0 Å². The first kappa shape index (κ1) is 12.1. The van der Waals surface area contributed by atoms with Gasteiger partial charge in [-0.15, -0.1) is 6.42 Å². The largest absolute Gasteiger partial charge is 0.301 e. The number of hydrogen-bond acceptors (Lipinski definition) is 1. The van der Waals surface area contributed by atoms with Gasteiger partial charge < -0.3 is 5.32 Å². The van der Waals surface area contributed by atoms with Gasteiger partial charge in [0, 0.05) is 6.04 Å². The SMILES string of the molecule is C#CC(CC)NC1CC(c2ccc(F)cc2)C1. The van der Waals surface area contributed by atoms with Crippen molar-refractivity contribution in [1.29, 1.82) is 0 Å². The van der Waals surface area contributed by atoms with E-state index in [4.69, 9.17) is 6.42 Å². The van der Waals surface area contributed by atoms with Gasteiger partial charge in [-0.05, 0) is 42.9 Å². The predicted octanol–water partition coefficient (Wildman–Crippen LogP) is 3.07. The summed E-state index contributed by atoms with van der Waals surface area (Å²) < 4.78 is 12.8. The van der Waals surface area contributed by atoms with Gasteiger partial charge in [-0.25, -0.2) is 4.39 Å². The van der Waals surface area contributed by atoms with E-state index in [0.717, 1.165) is 19.3 Å². The maximum atomic E-state index is 12.8. The van der Waals surface area contributed by atoms with E-state index < -0.39 is 0 Å². The lowest BCUT2D eigenvalue weighted by atomic mass is 9.75. The summed E-state index contributed by atoms with van der Waals surface area (Å²) in [6.45, 7) is 2.09. The van der Waals surface area contributed by atoms with E-state index in [1.54, 1.807) is 0 Å². The molecule has 1 unspecified atom stereocenters. The molecule has 0 aromatic heterocycles. The fourth-order valence-corrected chi connectivity index (χ4v) is 2.33. The van der Waals surface area contributed by atoms with Gasteiger partial charge in [-0.1, -0.05) is 25.0 Å². The molecule has 0 amide bonds. The molecule has 2 rings (SSSR count). The van der Waals surface area contributed by atoms with Crippen LogP contribution in [0.2, 0.25) is 0 Å². The molecule has 1 aliphatic carbocycles. The van der Waals surface area contributed by atoms with E-state index in [1.807, 2.05) is 12.1 Å². The molecule has 1 N–H and O–H groups in total. The van der Waals surface area contributed by atoms with Crippen molar-refractivity contribution in [3.05, 3.63) is 35.6 Å². The minimum absolute atomic E-state index is 0.166. The molecule has 1 aromatic carbocycles. The Balaban J connectivity index is 1.83. The molecule has 1 fully saturated rings. The summed E-state index contributed by atoms with van der Waals surface area (Å²) in [5, 5.41) is 3.45. The lowest BCUT2D eigenvalue weighted by Crippen LogP contribution is -2.44. The summed E-state index contributed by atoms with van der Waals surface area (Å²) in [6.07, 6.45) is 8.59. The van der Waals surface area contributed by atoms with Gasteiger partial charge >= 0.3 is 0 Å². The van der Waals surface area contributed by atoms with Crippen molar-refractivity contribution >= 4 is 0 Å². The average molecular weight is 231 g/mol. The van der Waals surface area contributed by atoms with Crippen LogP contribution >= 0.6 is 0 Å². The van der Waals surface area contributed by atoms with Crippen LogP contribution in [0.3, 0.4) is 0 Å². The average Bonchev–Trinajstić information content (AvgIpc) is 2.30. The van der Waals surface area contributed by atoms with E-state index in [9.17, 15) is 4.39 Å². The Morgan fingerprint density at radius 2 is 2.06 bits per heavy atom. The molecule has 0 spiro atoms. The summed E-state index contributed by atoms with van der Waals surface area (Å²) in [5.74, 6) is 3.15. The number of rotatable bonds is 4. The van der Waals surface area contributed by atoms with Crippen LogP contribution in [-0.4, -0.2) is 12.1 Å². The zero-order chi connectivity index (χ0) is 12.3. The van der Waals surface area contributed by atoms with Crippen molar-refractivity contribution in [1.82, 2.24) is 5.32 Å². The number of halogens is 1. The molecule has 17 heavy (non-hydrogen) atoms. The molecule has 1 saturated carbocycles. The fraction of sp³-hybridized carbons (Fsp3) is 0.467. The van der Waals surface area contributed by atoms with Gasteiger partial charge in [-0.2, -0.15) is 0 Å². The van der Waals surface area contributed by atoms with Gasteiger partial charge in [0.25, 0.3) is 0 Å². The second kappa shape index (κ2) is 5.33. The second-order valence-corrected chi connectivity index (χ2v) is 4.71. The Hall–Kier alpha value is -1.33. The van der Waals surface area contributed by atoms with Crippen molar-refractivity contribution in [3.8, 4) is 12.3 Å². The normalized spacial score (nSPS) is 24.8. The summed E-state index contributed by atoms with van der Waals surface area (Å²) in [6, 6.07) is 7.54. The highest BCUT2D eigenvalue weighted by Gasteiger charge is 2.30. The predicted molar refractivity (Wildman–Crippen MR) is 68.2 cm³/mol. The van der Waals surface area contributed by atoms with Crippen LogP contribution in [-0.2, 0) is 0 Å². The van der Waals surface area contributed by atoms with Crippen LogP contribution in [0.5, 0.6) is 0 Å². The molecule has 0 bridgehead atoms. The standard InChI is InChI=1S/C15H18FN/c1-3-14(4-2)17-15-9-12(10-15)11-5-7-13(16)8-6-11/h1,5-8,12,14-15,17H,4,9-10H2,2H3. The van der Waals surface area contributed by atoms with Crippen LogP contribution in [0, 0.1) is 18.2 Å². The second-order valence-electron chi connectivity index (χ2n) is 4.71. The molecular formula is C15H18FN. The third-order valence-corrected chi connectivity index (χ3v) is 3.53. The highest BCUT2D eigenvalue weighted by molar-refractivity contribution is 5.23. The van der Waals surface area contributed by atoms with Gasteiger partial charge in [0.2, 0.25) is 0 Å². The van der Waals surface area contributed by atoms with E-state index in [1.165, 1.54) is 17.7 Å². The van der Waals surface area contributed by atoms with Gasteiger partial charge in [0.05, 0.1) is 6.04 Å². The smallest absolute Gasteiger partial charge is 0.123 e. The number of terminal acetylenes is 1. The minimum Gasteiger partial charge on any atom is -0.301 e. The van der Waals surface area contributed by atoms with Crippen molar-refractivity contribution in [2.75, 3.05) is 0 Å².